The van der Waals surface area contributed by atoms with Crippen LogP contribution in [0.4, 0.5) is 8.78 Å². The smallest absolute Gasteiger partial charge is 0.242 e. The van der Waals surface area contributed by atoms with Crippen LogP contribution in [0.1, 0.15) is 32.4 Å². The monoisotopic (exact) mass is 403 g/mol. The molecular weight excluding hydrogens is 384 g/mol. The predicted octanol–water partition coefficient (Wildman–Crippen LogP) is 5.82. The highest BCUT2D eigenvalue weighted by molar-refractivity contribution is 8.00. The van der Waals surface area contributed by atoms with Gasteiger partial charge in [-0.2, -0.15) is 8.78 Å². The average Bonchev–Trinajstić information content (AvgIpc) is 2.53. The summed E-state index contributed by atoms with van der Waals surface area (Å²) in [5.41, 5.74) is 0.329. The van der Waals surface area contributed by atoms with Crippen LogP contribution in [0.2, 0.25) is 5.02 Å². The van der Waals surface area contributed by atoms with Gasteiger partial charge in [0.15, 0.2) is 0 Å². The molecule has 2 nitrogen and oxygen atoms in total. The zero-order valence-corrected chi connectivity index (χ0v) is 16.5. The SMILES string of the molecule is CC(C)(C)S(=O)NC(c1ccc(Cl)cc1)C(F)(F)Sc1ccccc1. The quantitative estimate of drug-likeness (QED) is 0.616. The maximum atomic E-state index is 15.0. The summed E-state index contributed by atoms with van der Waals surface area (Å²) in [5.74, 6) is 0. The second-order valence-electron chi connectivity index (χ2n) is 6.46. The van der Waals surface area contributed by atoms with E-state index in [-0.39, 0.29) is 0 Å². The fourth-order valence-electron chi connectivity index (χ4n) is 1.97. The van der Waals surface area contributed by atoms with E-state index in [0.717, 1.165) is 0 Å². The Hall–Kier alpha value is -0.950. The van der Waals surface area contributed by atoms with Crippen molar-refractivity contribution in [3.63, 3.8) is 0 Å². The number of rotatable bonds is 6. The van der Waals surface area contributed by atoms with Crippen LogP contribution in [-0.4, -0.2) is 14.2 Å². The van der Waals surface area contributed by atoms with Gasteiger partial charge >= 0.3 is 5.25 Å². The minimum absolute atomic E-state index is 0.329. The van der Waals surface area contributed by atoms with Crippen molar-refractivity contribution in [3.05, 3.63) is 65.2 Å². The van der Waals surface area contributed by atoms with Crippen molar-refractivity contribution in [2.24, 2.45) is 0 Å². The average molecular weight is 404 g/mol. The minimum Gasteiger partial charge on any atom is -0.242 e. The molecule has 0 fully saturated rings. The molecule has 2 atom stereocenters. The van der Waals surface area contributed by atoms with Crippen LogP contribution in [-0.2, 0) is 11.0 Å². The Morgan fingerprint density at radius 1 is 1.04 bits per heavy atom. The van der Waals surface area contributed by atoms with Crippen LogP contribution >= 0.6 is 23.4 Å². The molecule has 0 heterocycles. The van der Waals surface area contributed by atoms with Crippen molar-refractivity contribution >= 4 is 34.3 Å². The van der Waals surface area contributed by atoms with Crippen molar-refractivity contribution in [1.82, 2.24) is 4.72 Å². The first kappa shape index (κ1) is 20.4. The number of thioether (sulfide) groups is 1. The Morgan fingerprint density at radius 3 is 2.12 bits per heavy atom. The summed E-state index contributed by atoms with van der Waals surface area (Å²) in [6, 6.07) is 13.2. The topological polar surface area (TPSA) is 29.1 Å². The highest BCUT2D eigenvalue weighted by Gasteiger charge is 2.43. The molecule has 0 aromatic heterocycles. The van der Waals surface area contributed by atoms with Crippen LogP contribution in [0.15, 0.2) is 59.5 Å². The van der Waals surface area contributed by atoms with E-state index in [1.807, 2.05) is 0 Å². The first-order chi connectivity index (χ1) is 11.6. The van der Waals surface area contributed by atoms with Gasteiger partial charge in [0.05, 0.1) is 15.7 Å². The van der Waals surface area contributed by atoms with Crippen LogP contribution in [0.3, 0.4) is 0 Å². The van der Waals surface area contributed by atoms with Gasteiger partial charge < -0.3 is 0 Å². The van der Waals surface area contributed by atoms with Crippen LogP contribution in [0, 0.1) is 0 Å². The van der Waals surface area contributed by atoms with Gasteiger partial charge in [0, 0.05) is 9.92 Å². The number of nitrogens with one attached hydrogen (secondary N) is 1. The lowest BCUT2D eigenvalue weighted by atomic mass is 10.1. The molecular formula is C18H20ClF2NOS2. The van der Waals surface area contributed by atoms with Crippen LogP contribution < -0.4 is 4.72 Å². The Morgan fingerprint density at radius 2 is 1.60 bits per heavy atom. The van der Waals surface area contributed by atoms with Crippen molar-refractivity contribution < 1.29 is 13.0 Å². The summed E-state index contributed by atoms with van der Waals surface area (Å²) < 4.78 is 44.5. The molecule has 2 aromatic carbocycles. The Kier molecular flexibility index (Phi) is 6.65. The summed E-state index contributed by atoms with van der Waals surface area (Å²) in [6.45, 7) is 5.20. The Balaban J connectivity index is 2.35. The molecule has 0 aliphatic carbocycles. The molecule has 0 saturated heterocycles. The van der Waals surface area contributed by atoms with Gasteiger partial charge in [-0.25, -0.2) is 8.93 Å². The van der Waals surface area contributed by atoms with Crippen molar-refractivity contribution in [3.8, 4) is 0 Å². The standard InChI is InChI=1S/C18H20ClF2NOS2/c1-17(2,3)25(23)22-16(13-9-11-14(19)12-10-13)18(20,21)24-15-7-5-4-6-8-15/h4-12,16,22H,1-3H3. The lowest BCUT2D eigenvalue weighted by molar-refractivity contribution is 0.0685. The van der Waals surface area contributed by atoms with Crippen molar-refractivity contribution in [2.45, 2.75) is 41.7 Å². The van der Waals surface area contributed by atoms with Gasteiger partial charge in [0.2, 0.25) is 0 Å². The summed E-state index contributed by atoms with van der Waals surface area (Å²) in [4.78, 5) is 0.440. The van der Waals surface area contributed by atoms with Gasteiger partial charge in [-0.1, -0.05) is 53.7 Å². The third-order valence-electron chi connectivity index (χ3n) is 3.32. The molecule has 0 bridgehead atoms. The highest BCUT2D eigenvalue weighted by Crippen LogP contribution is 2.45. The zero-order chi connectivity index (χ0) is 18.7. The molecule has 0 saturated carbocycles. The summed E-state index contributed by atoms with van der Waals surface area (Å²) in [7, 11) is -1.65. The summed E-state index contributed by atoms with van der Waals surface area (Å²) >= 11 is 6.31. The summed E-state index contributed by atoms with van der Waals surface area (Å²) in [6.07, 6.45) is 0. The molecule has 136 valence electrons. The molecule has 0 radical (unpaired) electrons. The first-order valence-corrected chi connectivity index (χ1v) is 9.99. The van der Waals surface area contributed by atoms with Crippen LogP contribution in [0.25, 0.3) is 0 Å². The van der Waals surface area contributed by atoms with Gasteiger partial charge in [-0.15, -0.1) is 0 Å². The van der Waals surface area contributed by atoms with Crippen molar-refractivity contribution in [1.29, 1.82) is 0 Å². The van der Waals surface area contributed by atoms with Gasteiger partial charge in [0.25, 0.3) is 0 Å². The lowest BCUT2D eigenvalue weighted by Crippen LogP contribution is -2.42. The second-order valence-corrected chi connectivity index (χ2v) is 10.1. The van der Waals surface area contributed by atoms with Gasteiger partial charge in [-0.3, -0.25) is 0 Å². The van der Waals surface area contributed by atoms with Gasteiger partial charge in [0.1, 0.15) is 6.04 Å². The maximum absolute atomic E-state index is 15.0. The molecule has 25 heavy (non-hydrogen) atoms. The largest absolute Gasteiger partial charge is 0.318 e. The molecule has 2 unspecified atom stereocenters. The normalized spacial score (nSPS) is 15.0. The molecule has 1 N–H and O–H groups in total. The number of hydrogen-bond donors (Lipinski definition) is 1. The maximum Gasteiger partial charge on any atom is 0.318 e. The Labute approximate surface area is 158 Å². The molecule has 2 aromatic rings. The fourth-order valence-corrected chi connectivity index (χ4v) is 3.95. The molecule has 2 rings (SSSR count). The number of benzene rings is 2. The third kappa shape index (κ3) is 5.78. The molecule has 0 amide bonds. The molecule has 7 heteroatoms. The number of hydrogen-bond acceptors (Lipinski definition) is 2. The zero-order valence-electron chi connectivity index (χ0n) is 14.1. The van der Waals surface area contributed by atoms with E-state index in [1.54, 1.807) is 63.2 Å². The highest BCUT2D eigenvalue weighted by atomic mass is 35.5. The van der Waals surface area contributed by atoms with E-state index < -0.39 is 27.0 Å². The Bertz CT molecular complexity index is 718. The number of alkyl halides is 2. The third-order valence-corrected chi connectivity index (χ3v) is 6.15. The van der Waals surface area contributed by atoms with E-state index in [2.05, 4.69) is 4.72 Å². The van der Waals surface area contributed by atoms with E-state index in [0.29, 0.717) is 27.2 Å². The fraction of sp³-hybridized carbons (Fsp3) is 0.333. The van der Waals surface area contributed by atoms with E-state index in [1.165, 1.54) is 12.1 Å². The van der Waals surface area contributed by atoms with Crippen LogP contribution in [0.5, 0.6) is 0 Å². The first-order valence-electron chi connectivity index (χ1n) is 7.65. The predicted molar refractivity (Wildman–Crippen MR) is 102 cm³/mol. The minimum atomic E-state index is -3.21. The van der Waals surface area contributed by atoms with E-state index in [9.17, 15) is 4.21 Å². The van der Waals surface area contributed by atoms with Gasteiger partial charge in [-0.05, 0) is 50.6 Å². The second kappa shape index (κ2) is 8.16. The molecule has 0 spiro atoms. The van der Waals surface area contributed by atoms with Crippen molar-refractivity contribution in [2.75, 3.05) is 0 Å². The van der Waals surface area contributed by atoms with E-state index >= 15 is 8.78 Å². The molecule has 0 aliphatic rings. The summed E-state index contributed by atoms with van der Waals surface area (Å²) in [5, 5.41) is -2.76. The molecule has 0 aliphatic heterocycles. The number of halogens is 3. The van der Waals surface area contributed by atoms with E-state index in [4.69, 9.17) is 11.6 Å². The lowest BCUT2D eigenvalue weighted by Gasteiger charge is -2.30.